The van der Waals surface area contributed by atoms with Crippen molar-refractivity contribution < 1.29 is 0 Å². The summed E-state index contributed by atoms with van der Waals surface area (Å²) in [7, 11) is 0. The molecule has 0 unspecified atom stereocenters. The molecule has 21 heavy (non-hydrogen) atoms. The minimum Gasteiger partial charge on any atom is -0.382 e. The van der Waals surface area contributed by atoms with E-state index in [4.69, 9.17) is 5.41 Å². The number of nitrogens with one attached hydrogen (secondary N) is 3. The molecule has 0 spiro atoms. The zero-order chi connectivity index (χ0) is 14.7. The van der Waals surface area contributed by atoms with Crippen molar-refractivity contribution in [1.82, 2.24) is 4.98 Å². The monoisotopic (exact) mass is 281 g/mol. The van der Waals surface area contributed by atoms with Crippen molar-refractivity contribution in [2.45, 2.75) is 31.7 Å². The molecule has 1 aliphatic rings. The smallest absolute Gasteiger partial charge is 0.259 e. The second-order valence-electron chi connectivity index (χ2n) is 5.46. The Morgan fingerprint density at radius 2 is 1.86 bits per heavy atom. The van der Waals surface area contributed by atoms with Crippen LogP contribution in [0.15, 0.2) is 47.4 Å². The molecule has 1 fully saturated rings. The highest BCUT2D eigenvalue weighted by molar-refractivity contribution is 6.13. The van der Waals surface area contributed by atoms with Gasteiger partial charge in [-0.2, -0.15) is 0 Å². The Morgan fingerprint density at radius 3 is 2.57 bits per heavy atom. The standard InChI is InChI=1S/C17H19N3O/c18-16(12-6-2-1-3-7-12)15-14(10-11-19-17(15)21)20-13-8-4-5-9-13/h1-3,6-7,10-11,13,18H,4-5,8-9H2,(H2,19,20,21). The fourth-order valence-electron chi connectivity index (χ4n) is 2.89. The molecule has 0 saturated heterocycles. The van der Waals surface area contributed by atoms with Gasteiger partial charge in [0, 0.05) is 17.8 Å². The number of aromatic amines is 1. The summed E-state index contributed by atoms with van der Waals surface area (Å²) in [4.78, 5) is 14.9. The van der Waals surface area contributed by atoms with E-state index in [1.807, 2.05) is 36.4 Å². The molecular formula is C17H19N3O. The third-order valence-corrected chi connectivity index (χ3v) is 3.99. The molecule has 4 nitrogen and oxygen atoms in total. The molecule has 1 saturated carbocycles. The Hall–Kier alpha value is -2.36. The molecule has 1 heterocycles. The maximum atomic E-state index is 12.2. The Balaban J connectivity index is 1.97. The Kier molecular flexibility index (Phi) is 3.86. The number of H-pyrrole nitrogens is 1. The Morgan fingerprint density at radius 1 is 1.14 bits per heavy atom. The van der Waals surface area contributed by atoms with Crippen molar-refractivity contribution in [3.8, 4) is 0 Å². The largest absolute Gasteiger partial charge is 0.382 e. The van der Waals surface area contributed by atoms with Crippen LogP contribution in [-0.2, 0) is 0 Å². The van der Waals surface area contributed by atoms with Gasteiger partial charge in [-0.1, -0.05) is 43.2 Å². The van der Waals surface area contributed by atoms with Crippen molar-refractivity contribution >= 4 is 11.4 Å². The van der Waals surface area contributed by atoms with Gasteiger partial charge in [0.05, 0.1) is 17.0 Å². The van der Waals surface area contributed by atoms with Crippen molar-refractivity contribution in [3.63, 3.8) is 0 Å². The molecule has 1 aromatic carbocycles. The van der Waals surface area contributed by atoms with Gasteiger partial charge in [-0.3, -0.25) is 10.2 Å². The number of anilines is 1. The summed E-state index contributed by atoms with van der Waals surface area (Å²) in [5.41, 5.74) is 1.99. The Labute approximate surface area is 123 Å². The van der Waals surface area contributed by atoms with Gasteiger partial charge in [0.25, 0.3) is 5.56 Å². The number of aromatic nitrogens is 1. The first kappa shape index (κ1) is 13.6. The molecule has 0 aliphatic heterocycles. The summed E-state index contributed by atoms with van der Waals surface area (Å²) in [5, 5.41) is 11.8. The molecule has 0 amide bonds. The van der Waals surface area contributed by atoms with Crippen LogP contribution in [0.1, 0.15) is 36.8 Å². The fraction of sp³-hybridized carbons (Fsp3) is 0.294. The topological polar surface area (TPSA) is 68.7 Å². The summed E-state index contributed by atoms with van der Waals surface area (Å²) in [6.07, 6.45) is 6.36. The summed E-state index contributed by atoms with van der Waals surface area (Å²) in [5.74, 6) is 0. The summed E-state index contributed by atoms with van der Waals surface area (Å²) in [6.45, 7) is 0. The van der Waals surface area contributed by atoms with E-state index in [0.717, 1.165) is 24.1 Å². The fourth-order valence-corrected chi connectivity index (χ4v) is 2.89. The van der Waals surface area contributed by atoms with Gasteiger partial charge in [0.15, 0.2) is 0 Å². The van der Waals surface area contributed by atoms with E-state index in [1.54, 1.807) is 6.20 Å². The quantitative estimate of drug-likeness (QED) is 0.753. The van der Waals surface area contributed by atoms with Gasteiger partial charge in [0.1, 0.15) is 0 Å². The van der Waals surface area contributed by atoms with Crippen molar-refractivity contribution in [2.24, 2.45) is 0 Å². The lowest BCUT2D eigenvalue weighted by Crippen LogP contribution is -2.24. The molecule has 2 aromatic rings. The second kappa shape index (κ2) is 5.95. The molecule has 3 rings (SSSR count). The predicted molar refractivity (Wildman–Crippen MR) is 85.3 cm³/mol. The van der Waals surface area contributed by atoms with E-state index in [2.05, 4.69) is 10.3 Å². The average Bonchev–Trinajstić information content (AvgIpc) is 3.01. The van der Waals surface area contributed by atoms with Gasteiger partial charge < -0.3 is 10.3 Å². The number of benzene rings is 1. The molecule has 4 heteroatoms. The predicted octanol–water partition coefficient (Wildman–Crippen LogP) is 3.15. The van der Waals surface area contributed by atoms with E-state index < -0.39 is 0 Å². The minimum atomic E-state index is -0.216. The molecule has 108 valence electrons. The average molecular weight is 281 g/mol. The molecule has 1 aromatic heterocycles. The van der Waals surface area contributed by atoms with Crippen LogP contribution in [0.3, 0.4) is 0 Å². The zero-order valence-electron chi connectivity index (χ0n) is 11.9. The van der Waals surface area contributed by atoms with Crippen molar-refractivity contribution in [1.29, 1.82) is 5.41 Å². The highest BCUT2D eigenvalue weighted by Gasteiger charge is 2.19. The minimum absolute atomic E-state index is 0.216. The van der Waals surface area contributed by atoms with Gasteiger partial charge in [-0.05, 0) is 18.9 Å². The van der Waals surface area contributed by atoms with Crippen molar-refractivity contribution in [2.75, 3.05) is 5.32 Å². The normalized spacial score (nSPS) is 15.0. The van der Waals surface area contributed by atoms with E-state index in [9.17, 15) is 4.79 Å². The van der Waals surface area contributed by atoms with Gasteiger partial charge in [-0.15, -0.1) is 0 Å². The van der Waals surface area contributed by atoms with Crippen LogP contribution in [0, 0.1) is 5.41 Å². The maximum absolute atomic E-state index is 12.2. The number of hydrogen-bond donors (Lipinski definition) is 3. The first-order valence-electron chi connectivity index (χ1n) is 7.38. The zero-order valence-corrected chi connectivity index (χ0v) is 11.9. The molecule has 0 radical (unpaired) electrons. The molecular weight excluding hydrogens is 262 g/mol. The lowest BCUT2D eigenvalue weighted by Gasteiger charge is -2.17. The van der Waals surface area contributed by atoms with Crippen LogP contribution in [0.5, 0.6) is 0 Å². The highest BCUT2D eigenvalue weighted by atomic mass is 16.1. The first-order valence-corrected chi connectivity index (χ1v) is 7.38. The Bertz CT molecular complexity index is 685. The van der Waals surface area contributed by atoms with E-state index in [1.165, 1.54) is 12.8 Å². The second-order valence-corrected chi connectivity index (χ2v) is 5.46. The number of rotatable bonds is 4. The van der Waals surface area contributed by atoms with E-state index in [0.29, 0.717) is 11.6 Å². The number of hydrogen-bond acceptors (Lipinski definition) is 3. The highest BCUT2D eigenvalue weighted by Crippen LogP contribution is 2.24. The summed E-state index contributed by atoms with van der Waals surface area (Å²) < 4.78 is 0. The van der Waals surface area contributed by atoms with Crippen LogP contribution < -0.4 is 10.9 Å². The maximum Gasteiger partial charge on any atom is 0.259 e. The first-order chi connectivity index (χ1) is 10.3. The van der Waals surface area contributed by atoms with Crippen LogP contribution in [0.4, 0.5) is 5.69 Å². The van der Waals surface area contributed by atoms with E-state index in [-0.39, 0.29) is 11.3 Å². The van der Waals surface area contributed by atoms with Crippen LogP contribution in [0.2, 0.25) is 0 Å². The number of pyridine rings is 1. The third kappa shape index (κ3) is 2.89. The van der Waals surface area contributed by atoms with Crippen LogP contribution >= 0.6 is 0 Å². The molecule has 0 bridgehead atoms. The van der Waals surface area contributed by atoms with E-state index >= 15 is 0 Å². The van der Waals surface area contributed by atoms with Crippen molar-refractivity contribution in [3.05, 3.63) is 64.1 Å². The van der Waals surface area contributed by atoms with Crippen LogP contribution in [0.25, 0.3) is 0 Å². The summed E-state index contributed by atoms with van der Waals surface area (Å²) in [6, 6.07) is 11.6. The molecule has 0 atom stereocenters. The SMILES string of the molecule is N=C(c1ccccc1)c1c(NC2CCCC2)cc[nH]c1=O. The van der Waals surface area contributed by atoms with Gasteiger partial charge in [-0.25, -0.2) is 0 Å². The third-order valence-electron chi connectivity index (χ3n) is 3.99. The summed E-state index contributed by atoms with van der Waals surface area (Å²) >= 11 is 0. The van der Waals surface area contributed by atoms with Gasteiger partial charge >= 0.3 is 0 Å². The van der Waals surface area contributed by atoms with Gasteiger partial charge in [0.2, 0.25) is 0 Å². The van der Waals surface area contributed by atoms with Crippen LogP contribution in [-0.4, -0.2) is 16.7 Å². The molecule has 1 aliphatic carbocycles. The molecule has 3 N–H and O–H groups in total. The lowest BCUT2D eigenvalue weighted by molar-refractivity contribution is 0.754. The lowest BCUT2D eigenvalue weighted by atomic mass is 10.0.